The Bertz CT molecular complexity index is 427. The van der Waals surface area contributed by atoms with Gasteiger partial charge < -0.3 is 4.74 Å². The number of nitrogens with one attached hydrogen (secondary N) is 1. The van der Waals surface area contributed by atoms with E-state index in [1.807, 2.05) is 0 Å². The SMILES string of the molecule is COc1ccc(F)cc1C12CC(NN)(C1)C2. The molecule has 0 heterocycles. The van der Waals surface area contributed by atoms with Crippen LogP contribution in [0.5, 0.6) is 5.75 Å². The van der Waals surface area contributed by atoms with E-state index in [9.17, 15) is 4.39 Å². The van der Waals surface area contributed by atoms with Crippen LogP contribution in [0.4, 0.5) is 4.39 Å². The highest BCUT2D eigenvalue weighted by molar-refractivity contribution is 5.49. The van der Waals surface area contributed by atoms with Gasteiger partial charge >= 0.3 is 0 Å². The highest BCUT2D eigenvalue weighted by Crippen LogP contribution is 2.68. The summed E-state index contributed by atoms with van der Waals surface area (Å²) in [5, 5.41) is 0. The maximum Gasteiger partial charge on any atom is 0.123 e. The molecular weight excluding hydrogens is 207 g/mol. The molecule has 0 saturated heterocycles. The highest BCUT2D eigenvalue weighted by Gasteiger charge is 2.68. The van der Waals surface area contributed by atoms with Crippen molar-refractivity contribution < 1.29 is 9.13 Å². The number of nitrogens with two attached hydrogens (primary N) is 1. The zero-order valence-electron chi connectivity index (χ0n) is 9.22. The minimum atomic E-state index is -0.199. The zero-order chi connectivity index (χ0) is 11.4. The maximum atomic E-state index is 13.3. The second-order valence-corrected chi connectivity index (χ2v) is 5.08. The number of halogens is 1. The molecule has 0 radical (unpaired) electrons. The van der Waals surface area contributed by atoms with Crippen molar-refractivity contribution in [3.8, 4) is 5.75 Å². The van der Waals surface area contributed by atoms with E-state index in [0.717, 1.165) is 30.6 Å². The molecular formula is C12H15FN2O. The van der Waals surface area contributed by atoms with Crippen molar-refractivity contribution in [2.45, 2.75) is 30.2 Å². The lowest BCUT2D eigenvalue weighted by Crippen LogP contribution is -2.77. The van der Waals surface area contributed by atoms with Crippen LogP contribution in [0.3, 0.4) is 0 Å². The van der Waals surface area contributed by atoms with Crippen LogP contribution >= 0.6 is 0 Å². The average Bonchev–Trinajstić information content (AvgIpc) is 2.15. The van der Waals surface area contributed by atoms with E-state index in [-0.39, 0.29) is 16.8 Å². The molecule has 1 aromatic rings. The van der Waals surface area contributed by atoms with E-state index >= 15 is 0 Å². The van der Waals surface area contributed by atoms with E-state index in [0.29, 0.717) is 0 Å². The van der Waals surface area contributed by atoms with Gasteiger partial charge in [0.05, 0.1) is 7.11 Å². The topological polar surface area (TPSA) is 47.3 Å². The third-order valence-electron chi connectivity index (χ3n) is 4.07. The molecule has 0 atom stereocenters. The quantitative estimate of drug-likeness (QED) is 0.601. The summed E-state index contributed by atoms with van der Waals surface area (Å²) in [5.41, 5.74) is 4.05. The van der Waals surface area contributed by atoms with Crippen LogP contribution in [-0.4, -0.2) is 12.6 Å². The van der Waals surface area contributed by atoms with Crippen molar-refractivity contribution in [3.63, 3.8) is 0 Å². The third-order valence-corrected chi connectivity index (χ3v) is 4.07. The molecule has 0 aromatic heterocycles. The highest BCUT2D eigenvalue weighted by atomic mass is 19.1. The zero-order valence-corrected chi connectivity index (χ0v) is 9.22. The summed E-state index contributed by atoms with van der Waals surface area (Å²) in [6.45, 7) is 0. The Hall–Kier alpha value is -1.13. The third kappa shape index (κ3) is 1.09. The fraction of sp³-hybridized carbons (Fsp3) is 0.500. The van der Waals surface area contributed by atoms with Gasteiger partial charge in [-0.2, -0.15) is 0 Å². The van der Waals surface area contributed by atoms with Crippen LogP contribution in [-0.2, 0) is 5.41 Å². The second kappa shape index (κ2) is 2.96. The molecule has 3 aliphatic carbocycles. The lowest BCUT2D eigenvalue weighted by Gasteiger charge is -2.70. The predicted octanol–water partition coefficient (Wildman–Crippen LogP) is 1.47. The number of rotatable bonds is 3. The first-order valence-corrected chi connectivity index (χ1v) is 5.45. The Morgan fingerprint density at radius 1 is 1.38 bits per heavy atom. The molecule has 3 aliphatic rings. The van der Waals surface area contributed by atoms with Crippen LogP contribution in [0.15, 0.2) is 18.2 Å². The summed E-state index contributed by atoms with van der Waals surface area (Å²) in [4.78, 5) is 0. The number of hydrazine groups is 1. The molecule has 2 bridgehead atoms. The van der Waals surface area contributed by atoms with Gasteiger partial charge in [0.1, 0.15) is 11.6 Å². The van der Waals surface area contributed by atoms with Crippen LogP contribution in [0, 0.1) is 5.82 Å². The first kappa shape index (κ1) is 10.1. The molecule has 4 heteroatoms. The summed E-state index contributed by atoms with van der Waals surface area (Å²) in [7, 11) is 1.62. The number of ether oxygens (including phenoxy) is 1. The standard InChI is InChI=1S/C12H15FN2O/c1-16-10-3-2-8(13)4-9(10)11-5-12(6-11,7-11)15-14/h2-4,15H,5-7,14H2,1H3. The monoisotopic (exact) mass is 222 g/mol. The van der Waals surface area contributed by atoms with E-state index < -0.39 is 0 Å². The van der Waals surface area contributed by atoms with Crippen molar-refractivity contribution in [1.82, 2.24) is 5.43 Å². The van der Waals surface area contributed by atoms with Gasteiger partial charge in [-0.05, 0) is 37.5 Å². The first-order valence-electron chi connectivity index (χ1n) is 5.45. The Kier molecular flexibility index (Phi) is 1.86. The fourth-order valence-corrected chi connectivity index (χ4v) is 3.32. The largest absolute Gasteiger partial charge is 0.496 e. The van der Waals surface area contributed by atoms with Gasteiger partial charge in [0.2, 0.25) is 0 Å². The van der Waals surface area contributed by atoms with Crippen LogP contribution in [0.1, 0.15) is 24.8 Å². The van der Waals surface area contributed by atoms with Gasteiger partial charge in [0.25, 0.3) is 0 Å². The number of hydrogen-bond donors (Lipinski definition) is 2. The van der Waals surface area contributed by atoms with Crippen molar-refractivity contribution in [2.24, 2.45) is 5.84 Å². The molecule has 3 saturated carbocycles. The molecule has 4 rings (SSSR count). The maximum absolute atomic E-state index is 13.3. The van der Waals surface area contributed by atoms with Crippen LogP contribution in [0.2, 0.25) is 0 Å². The second-order valence-electron chi connectivity index (χ2n) is 5.08. The molecule has 0 unspecified atom stereocenters. The summed E-state index contributed by atoms with van der Waals surface area (Å²) >= 11 is 0. The molecule has 1 aromatic carbocycles. The molecule has 16 heavy (non-hydrogen) atoms. The summed E-state index contributed by atoms with van der Waals surface area (Å²) in [6, 6.07) is 4.73. The number of benzene rings is 1. The number of methoxy groups -OCH3 is 1. The lowest BCUT2D eigenvalue weighted by atomic mass is 9.37. The van der Waals surface area contributed by atoms with Crippen molar-refractivity contribution in [3.05, 3.63) is 29.6 Å². The molecule has 3 nitrogen and oxygen atoms in total. The number of hydrogen-bond acceptors (Lipinski definition) is 3. The van der Waals surface area contributed by atoms with Gasteiger partial charge in [0.15, 0.2) is 0 Å². The first-order chi connectivity index (χ1) is 7.63. The summed E-state index contributed by atoms with van der Waals surface area (Å²) < 4.78 is 18.6. The van der Waals surface area contributed by atoms with Gasteiger partial charge in [-0.3, -0.25) is 11.3 Å². The van der Waals surface area contributed by atoms with Gasteiger partial charge in [-0.1, -0.05) is 0 Å². The van der Waals surface area contributed by atoms with Gasteiger partial charge in [-0.15, -0.1) is 0 Å². The van der Waals surface area contributed by atoms with Crippen molar-refractivity contribution >= 4 is 0 Å². The van der Waals surface area contributed by atoms with E-state index in [1.165, 1.54) is 6.07 Å². The average molecular weight is 222 g/mol. The van der Waals surface area contributed by atoms with Gasteiger partial charge in [-0.25, -0.2) is 4.39 Å². The molecule has 0 amide bonds. The molecule has 3 N–H and O–H groups in total. The minimum absolute atomic E-state index is 0.0970. The summed E-state index contributed by atoms with van der Waals surface area (Å²) in [6.07, 6.45) is 2.95. The van der Waals surface area contributed by atoms with Crippen LogP contribution < -0.4 is 16.0 Å². The smallest absolute Gasteiger partial charge is 0.123 e. The lowest BCUT2D eigenvalue weighted by molar-refractivity contribution is -0.0894. The Morgan fingerprint density at radius 2 is 2.06 bits per heavy atom. The van der Waals surface area contributed by atoms with Crippen molar-refractivity contribution in [2.75, 3.05) is 7.11 Å². The van der Waals surface area contributed by atoms with Gasteiger partial charge in [0, 0.05) is 16.5 Å². The summed E-state index contributed by atoms with van der Waals surface area (Å²) in [5.74, 6) is 6.07. The molecule has 86 valence electrons. The Morgan fingerprint density at radius 3 is 2.62 bits per heavy atom. The van der Waals surface area contributed by atoms with Crippen molar-refractivity contribution in [1.29, 1.82) is 0 Å². The van der Waals surface area contributed by atoms with E-state index in [1.54, 1.807) is 19.2 Å². The molecule has 0 spiro atoms. The normalized spacial score (nSPS) is 35.2. The van der Waals surface area contributed by atoms with E-state index in [4.69, 9.17) is 10.6 Å². The van der Waals surface area contributed by atoms with E-state index in [2.05, 4.69) is 5.43 Å². The molecule has 0 aliphatic heterocycles. The fourth-order valence-electron chi connectivity index (χ4n) is 3.32. The Labute approximate surface area is 93.7 Å². The Balaban J connectivity index is 1.94. The minimum Gasteiger partial charge on any atom is -0.496 e. The predicted molar refractivity (Wildman–Crippen MR) is 58.5 cm³/mol. The van der Waals surface area contributed by atoms with Crippen LogP contribution in [0.25, 0.3) is 0 Å². The molecule has 3 fully saturated rings.